The van der Waals surface area contributed by atoms with Gasteiger partial charge in [0, 0.05) is 26.8 Å². The van der Waals surface area contributed by atoms with Crippen molar-refractivity contribution >= 4 is 11.7 Å². The number of hydrogen-bond acceptors (Lipinski definition) is 4. The summed E-state index contributed by atoms with van der Waals surface area (Å²) >= 11 is 0. The zero-order valence-electron chi connectivity index (χ0n) is 10.8. The number of hydrogen-bond donors (Lipinski definition) is 2. The van der Waals surface area contributed by atoms with Crippen molar-refractivity contribution in [3.8, 4) is 0 Å². The Kier molecular flexibility index (Phi) is 3.81. The molecule has 1 aliphatic carbocycles. The van der Waals surface area contributed by atoms with Crippen molar-refractivity contribution in [1.82, 2.24) is 9.88 Å². The molecular formula is C13H19N3O2. The standard InChI is InChI=1S/C13H19N3O2/c1-16(2)13(18)10-3-4-12(15-8-10)14-7-9-5-11(17)6-9/h3-4,8-9,11,17H,5-7H2,1-2H3,(H,14,15). The third-order valence-electron chi connectivity index (χ3n) is 3.20. The third kappa shape index (κ3) is 2.98. The quantitative estimate of drug-likeness (QED) is 0.834. The molecule has 1 heterocycles. The zero-order chi connectivity index (χ0) is 13.1. The van der Waals surface area contributed by atoms with Gasteiger partial charge in [-0.1, -0.05) is 0 Å². The Bertz CT molecular complexity index is 411. The molecule has 1 amide bonds. The molecule has 0 saturated heterocycles. The van der Waals surface area contributed by atoms with Gasteiger partial charge in [-0.25, -0.2) is 4.98 Å². The van der Waals surface area contributed by atoms with Crippen LogP contribution in [0.2, 0.25) is 0 Å². The van der Waals surface area contributed by atoms with Gasteiger partial charge in [0.2, 0.25) is 0 Å². The van der Waals surface area contributed by atoms with Gasteiger partial charge in [-0.15, -0.1) is 0 Å². The molecule has 1 aromatic rings. The maximum absolute atomic E-state index is 11.7. The van der Waals surface area contributed by atoms with Crippen molar-refractivity contribution in [3.63, 3.8) is 0 Å². The Balaban J connectivity index is 1.85. The van der Waals surface area contributed by atoms with Crippen molar-refractivity contribution < 1.29 is 9.90 Å². The minimum atomic E-state index is -0.121. The molecule has 2 rings (SSSR count). The highest BCUT2D eigenvalue weighted by molar-refractivity contribution is 5.93. The number of aliphatic hydroxyl groups excluding tert-OH is 1. The Morgan fingerprint density at radius 2 is 2.22 bits per heavy atom. The summed E-state index contributed by atoms with van der Waals surface area (Å²) in [5, 5.41) is 12.4. The average Bonchev–Trinajstić information content (AvgIpc) is 2.33. The van der Waals surface area contributed by atoms with E-state index in [4.69, 9.17) is 0 Å². The minimum absolute atomic E-state index is 0.0452. The monoisotopic (exact) mass is 249 g/mol. The fourth-order valence-corrected chi connectivity index (χ4v) is 2.00. The van der Waals surface area contributed by atoms with Gasteiger partial charge >= 0.3 is 0 Å². The number of carbonyl (C=O) groups excluding carboxylic acids is 1. The maximum Gasteiger partial charge on any atom is 0.254 e. The van der Waals surface area contributed by atoms with E-state index in [2.05, 4.69) is 10.3 Å². The smallest absolute Gasteiger partial charge is 0.254 e. The fraction of sp³-hybridized carbons (Fsp3) is 0.538. The maximum atomic E-state index is 11.7. The van der Waals surface area contributed by atoms with E-state index in [0.717, 1.165) is 25.2 Å². The predicted molar refractivity (Wildman–Crippen MR) is 69.5 cm³/mol. The molecule has 2 N–H and O–H groups in total. The summed E-state index contributed by atoms with van der Waals surface area (Å²) in [5.74, 6) is 1.26. The third-order valence-corrected chi connectivity index (χ3v) is 3.20. The summed E-state index contributed by atoms with van der Waals surface area (Å²) in [6.45, 7) is 0.824. The number of nitrogens with zero attached hydrogens (tertiary/aromatic N) is 2. The molecule has 18 heavy (non-hydrogen) atoms. The largest absolute Gasteiger partial charge is 0.393 e. The molecule has 1 saturated carbocycles. The molecule has 1 aliphatic rings. The van der Waals surface area contributed by atoms with Gasteiger partial charge < -0.3 is 15.3 Å². The molecule has 98 valence electrons. The summed E-state index contributed by atoms with van der Waals surface area (Å²) in [4.78, 5) is 17.4. The number of nitrogens with one attached hydrogen (secondary N) is 1. The first-order valence-corrected chi connectivity index (χ1v) is 6.16. The lowest BCUT2D eigenvalue weighted by Gasteiger charge is -2.31. The van der Waals surface area contributed by atoms with Crippen LogP contribution in [0.5, 0.6) is 0 Å². The topological polar surface area (TPSA) is 65.5 Å². The van der Waals surface area contributed by atoms with Crippen molar-refractivity contribution in [3.05, 3.63) is 23.9 Å². The van der Waals surface area contributed by atoms with Crippen LogP contribution in [-0.2, 0) is 0 Å². The van der Waals surface area contributed by atoms with Crippen molar-refractivity contribution in [2.75, 3.05) is 26.0 Å². The summed E-state index contributed by atoms with van der Waals surface area (Å²) in [6.07, 6.45) is 3.19. The Morgan fingerprint density at radius 3 is 2.72 bits per heavy atom. The number of pyridine rings is 1. The zero-order valence-corrected chi connectivity index (χ0v) is 10.8. The van der Waals surface area contributed by atoms with Crippen molar-refractivity contribution in [2.24, 2.45) is 5.92 Å². The Morgan fingerprint density at radius 1 is 1.50 bits per heavy atom. The van der Waals surface area contributed by atoms with Gasteiger partial charge in [-0.2, -0.15) is 0 Å². The second-order valence-corrected chi connectivity index (χ2v) is 5.00. The molecule has 1 aromatic heterocycles. The molecule has 1 fully saturated rings. The first-order chi connectivity index (χ1) is 8.56. The summed E-state index contributed by atoms with van der Waals surface area (Å²) in [7, 11) is 3.44. The predicted octanol–water partition coefficient (Wildman–Crippen LogP) is 0.966. The van der Waals surface area contributed by atoms with Gasteiger partial charge in [0.15, 0.2) is 0 Å². The molecule has 0 bridgehead atoms. The van der Waals surface area contributed by atoms with Gasteiger partial charge in [0.25, 0.3) is 5.91 Å². The molecule has 0 aromatic carbocycles. The van der Waals surface area contributed by atoms with Crippen LogP contribution in [0.4, 0.5) is 5.82 Å². The van der Waals surface area contributed by atoms with Crippen molar-refractivity contribution in [2.45, 2.75) is 18.9 Å². The highest BCUT2D eigenvalue weighted by Crippen LogP contribution is 2.27. The van der Waals surface area contributed by atoms with Gasteiger partial charge in [0.1, 0.15) is 5.82 Å². The molecular weight excluding hydrogens is 230 g/mol. The van der Waals surface area contributed by atoms with E-state index >= 15 is 0 Å². The van der Waals surface area contributed by atoms with Crippen LogP contribution in [0.3, 0.4) is 0 Å². The van der Waals surface area contributed by atoms with Crippen LogP contribution in [0.1, 0.15) is 23.2 Å². The lowest BCUT2D eigenvalue weighted by Crippen LogP contribution is -2.33. The number of aliphatic hydroxyl groups is 1. The number of aromatic nitrogens is 1. The SMILES string of the molecule is CN(C)C(=O)c1ccc(NCC2CC(O)C2)nc1. The van der Waals surface area contributed by atoms with Gasteiger partial charge in [0.05, 0.1) is 11.7 Å². The number of amides is 1. The molecule has 0 radical (unpaired) electrons. The molecule has 5 heteroatoms. The molecule has 0 atom stereocenters. The summed E-state index contributed by atoms with van der Waals surface area (Å²) in [5.41, 5.74) is 0.588. The first kappa shape index (κ1) is 12.8. The van der Waals surface area contributed by atoms with E-state index in [1.807, 2.05) is 6.07 Å². The van der Waals surface area contributed by atoms with E-state index in [0.29, 0.717) is 11.5 Å². The lowest BCUT2D eigenvalue weighted by molar-refractivity contribution is 0.0486. The minimum Gasteiger partial charge on any atom is -0.393 e. The van der Waals surface area contributed by atoms with Crippen molar-refractivity contribution in [1.29, 1.82) is 0 Å². The highest BCUT2D eigenvalue weighted by Gasteiger charge is 2.26. The van der Waals surface area contributed by atoms with Crippen LogP contribution < -0.4 is 5.32 Å². The lowest BCUT2D eigenvalue weighted by atomic mass is 9.82. The summed E-state index contributed by atoms with van der Waals surface area (Å²) < 4.78 is 0. The number of rotatable bonds is 4. The van der Waals surface area contributed by atoms with Crippen LogP contribution in [0.25, 0.3) is 0 Å². The number of carbonyl (C=O) groups is 1. The van der Waals surface area contributed by atoms with Crippen LogP contribution in [0, 0.1) is 5.92 Å². The fourth-order valence-electron chi connectivity index (χ4n) is 2.00. The van der Waals surface area contributed by atoms with E-state index in [1.54, 1.807) is 26.4 Å². The van der Waals surface area contributed by atoms with E-state index in [1.165, 1.54) is 4.90 Å². The molecule has 0 aliphatic heterocycles. The molecule has 0 unspecified atom stereocenters. The van der Waals surface area contributed by atoms with Crippen LogP contribution in [0.15, 0.2) is 18.3 Å². The molecule has 5 nitrogen and oxygen atoms in total. The van der Waals surface area contributed by atoms with E-state index in [-0.39, 0.29) is 12.0 Å². The first-order valence-electron chi connectivity index (χ1n) is 6.16. The normalized spacial score (nSPS) is 22.2. The van der Waals surface area contributed by atoms with Gasteiger partial charge in [-0.05, 0) is 30.9 Å². The Hall–Kier alpha value is -1.62. The van der Waals surface area contributed by atoms with Crippen LogP contribution in [-0.4, -0.2) is 47.6 Å². The molecule has 0 spiro atoms. The van der Waals surface area contributed by atoms with E-state index < -0.39 is 0 Å². The Labute approximate surface area is 107 Å². The number of anilines is 1. The van der Waals surface area contributed by atoms with E-state index in [9.17, 15) is 9.90 Å². The van der Waals surface area contributed by atoms with Gasteiger partial charge in [-0.3, -0.25) is 4.79 Å². The second kappa shape index (κ2) is 5.35. The second-order valence-electron chi connectivity index (χ2n) is 5.00. The average molecular weight is 249 g/mol. The van der Waals surface area contributed by atoms with Crippen LogP contribution >= 0.6 is 0 Å². The summed E-state index contributed by atoms with van der Waals surface area (Å²) in [6, 6.07) is 3.58. The highest BCUT2D eigenvalue weighted by atomic mass is 16.3.